The summed E-state index contributed by atoms with van der Waals surface area (Å²) in [5.41, 5.74) is -4.67. The molecule has 3 saturated heterocycles. The molecule has 1 aromatic rings. The predicted octanol–water partition coefficient (Wildman–Crippen LogP) is 6.39. The SMILES string of the molecule is CC1(C)CC(OC(=O)c2cccc(C(=O)OC3CC(C)(C)N(O)C(C)(C)C3)c2C(=O)OC2CC(C)(C)N(O)C(C)(C)C2)CC(C)(C)N1O. The van der Waals surface area contributed by atoms with E-state index in [-0.39, 0.29) is 16.7 Å². The van der Waals surface area contributed by atoms with Gasteiger partial charge in [0.2, 0.25) is 0 Å². The summed E-state index contributed by atoms with van der Waals surface area (Å²) in [6.45, 7) is 22.3. The van der Waals surface area contributed by atoms with Gasteiger partial charge >= 0.3 is 17.9 Å². The summed E-state index contributed by atoms with van der Waals surface area (Å²) in [5.74, 6) is -2.45. The Balaban J connectivity index is 1.69. The minimum atomic E-state index is -0.867. The number of hydrogen-bond donors (Lipinski definition) is 3. The molecule has 3 aliphatic rings. The van der Waals surface area contributed by atoms with Gasteiger partial charge in [-0.2, -0.15) is 15.2 Å². The molecule has 0 radical (unpaired) electrons. The fourth-order valence-corrected chi connectivity index (χ4v) is 8.54. The molecule has 0 unspecified atom stereocenters. The average molecular weight is 676 g/mol. The van der Waals surface area contributed by atoms with Crippen LogP contribution in [0.2, 0.25) is 0 Å². The van der Waals surface area contributed by atoms with Gasteiger partial charge in [0.1, 0.15) is 18.3 Å². The van der Waals surface area contributed by atoms with Crippen molar-refractivity contribution in [2.24, 2.45) is 0 Å². The van der Waals surface area contributed by atoms with Crippen molar-refractivity contribution in [3.63, 3.8) is 0 Å². The third kappa shape index (κ3) is 7.58. The summed E-state index contributed by atoms with van der Waals surface area (Å²) in [6, 6.07) is 4.39. The Bertz CT molecular complexity index is 1290. The van der Waals surface area contributed by atoms with Crippen molar-refractivity contribution in [3.8, 4) is 0 Å². The third-order valence-corrected chi connectivity index (χ3v) is 10.3. The van der Waals surface area contributed by atoms with Crippen LogP contribution in [0, 0.1) is 0 Å². The maximum absolute atomic E-state index is 14.2. The third-order valence-electron chi connectivity index (χ3n) is 10.3. The number of benzene rings is 1. The highest BCUT2D eigenvalue weighted by atomic mass is 16.6. The highest BCUT2D eigenvalue weighted by Gasteiger charge is 2.49. The smallest absolute Gasteiger partial charge is 0.340 e. The fourth-order valence-electron chi connectivity index (χ4n) is 8.54. The van der Waals surface area contributed by atoms with Crippen molar-refractivity contribution in [3.05, 3.63) is 34.9 Å². The molecule has 0 spiro atoms. The van der Waals surface area contributed by atoms with Crippen LogP contribution in [0.4, 0.5) is 0 Å². The molecular formula is C36H57N3O9. The molecule has 0 aliphatic carbocycles. The molecule has 12 nitrogen and oxygen atoms in total. The van der Waals surface area contributed by atoms with Crippen molar-refractivity contribution < 1.29 is 44.2 Å². The number of nitrogens with zero attached hydrogens (tertiary/aromatic N) is 3. The molecule has 3 aliphatic heterocycles. The van der Waals surface area contributed by atoms with Crippen LogP contribution in [-0.2, 0) is 14.2 Å². The molecular weight excluding hydrogens is 618 g/mol. The second kappa shape index (κ2) is 12.6. The van der Waals surface area contributed by atoms with E-state index in [2.05, 4.69) is 0 Å². The van der Waals surface area contributed by atoms with Gasteiger partial charge in [0.15, 0.2) is 0 Å². The first-order valence-electron chi connectivity index (χ1n) is 16.9. The Hall–Kier alpha value is -2.61. The molecule has 1 aromatic carbocycles. The van der Waals surface area contributed by atoms with Crippen LogP contribution < -0.4 is 0 Å². The zero-order valence-corrected chi connectivity index (χ0v) is 30.8. The van der Waals surface area contributed by atoms with Gasteiger partial charge in [-0.25, -0.2) is 14.4 Å². The van der Waals surface area contributed by atoms with Crippen molar-refractivity contribution >= 4 is 17.9 Å². The molecule has 0 saturated carbocycles. The average Bonchev–Trinajstić information content (AvgIpc) is 2.91. The molecule has 4 rings (SSSR count). The summed E-state index contributed by atoms with van der Waals surface area (Å²) < 4.78 is 18.0. The van der Waals surface area contributed by atoms with Gasteiger partial charge in [-0.1, -0.05) is 6.07 Å². The lowest BCUT2D eigenvalue weighted by Gasteiger charge is -2.51. The van der Waals surface area contributed by atoms with Gasteiger partial charge in [0, 0.05) is 71.8 Å². The molecule has 0 atom stereocenters. The zero-order valence-electron chi connectivity index (χ0n) is 30.8. The summed E-state index contributed by atoms with van der Waals surface area (Å²) in [4.78, 5) is 42.0. The Morgan fingerprint density at radius 1 is 0.500 bits per heavy atom. The maximum Gasteiger partial charge on any atom is 0.340 e. The van der Waals surface area contributed by atoms with Gasteiger partial charge in [0.05, 0.1) is 16.7 Å². The number of carbonyl (C=O) groups is 3. The van der Waals surface area contributed by atoms with Gasteiger partial charge in [-0.15, -0.1) is 0 Å². The van der Waals surface area contributed by atoms with E-state index in [1.807, 2.05) is 83.1 Å². The molecule has 0 aromatic heterocycles. The first-order chi connectivity index (χ1) is 21.7. The van der Waals surface area contributed by atoms with Crippen LogP contribution in [0.15, 0.2) is 18.2 Å². The maximum atomic E-state index is 14.2. The van der Waals surface area contributed by atoms with E-state index in [1.165, 1.54) is 33.4 Å². The summed E-state index contributed by atoms with van der Waals surface area (Å²) in [7, 11) is 0. The van der Waals surface area contributed by atoms with Crippen LogP contribution in [0.25, 0.3) is 0 Å². The first kappa shape index (κ1) is 38.2. The van der Waals surface area contributed by atoms with Crippen molar-refractivity contribution in [2.45, 2.75) is 173 Å². The van der Waals surface area contributed by atoms with Gasteiger partial charge in [-0.3, -0.25) is 0 Å². The molecule has 3 N–H and O–H groups in total. The van der Waals surface area contributed by atoms with Crippen LogP contribution in [0.1, 0.15) is 153 Å². The van der Waals surface area contributed by atoms with Gasteiger partial charge in [0.25, 0.3) is 0 Å². The summed E-state index contributed by atoms with van der Waals surface area (Å²) >= 11 is 0. The molecule has 3 fully saturated rings. The number of rotatable bonds is 6. The molecule has 12 heteroatoms. The molecule has 0 amide bonds. The van der Waals surface area contributed by atoms with Crippen LogP contribution >= 0.6 is 0 Å². The minimum Gasteiger partial charge on any atom is -0.459 e. The van der Waals surface area contributed by atoms with E-state index in [1.54, 1.807) is 0 Å². The number of hydroxylamine groups is 6. The van der Waals surface area contributed by atoms with E-state index >= 15 is 0 Å². The Kier molecular flexibility index (Phi) is 10.0. The number of carbonyl (C=O) groups excluding carboxylic acids is 3. The number of piperidine rings is 3. The first-order valence-corrected chi connectivity index (χ1v) is 16.9. The molecule has 48 heavy (non-hydrogen) atoms. The van der Waals surface area contributed by atoms with Crippen molar-refractivity contribution in [1.29, 1.82) is 0 Å². The minimum absolute atomic E-state index is 0.125. The van der Waals surface area contributed by atoms with Gasteiger partial charge in [-0.05, 0) is 95.2 Å². The Labute approximate surface area is 285 Å². The normalized spacial score (nSPS) is 26.1. The summed E-state index contributed by atoms with van der Waals surface area (Å²) in [6.07, 6.45) is 0.252. The highest BCUT2D eigenvalue weighted by Crippen LogP contribution is 2.41. The Morgan fingerprint density at radius 3 is 0.979 bits per heavy atom. The lowest BCUT2D eigenvalue weighted by atomic mass is 9.80. The van der Waals surface area contributed by atoms with Crippen molar-refractivity contribution in [2.75, 3.05) is 0 Å². The lowest BCUT2D eigenvalue weighted by molar-refractivity contribution is -0.257. The molecule has 0 bridgehead atoms. The predicted molar refractivity (Wildman–Crippen MR) is 177 cm³/mol. The van der Waals surface area contributed by atoms with Crippen LogP contribution in [0.5, 0.6) is 0 Å². The monoisotopic (exact) mass is 675 g/mol. The van der Waals surface area contributed by atoms with E-state index in [0.717, 1.165) is 0 Å². The lowest BCUT2D eigenvalue weighted by Crippen LogP contribution is -2.61. The highest BCUT2D eigenvalue weighted by molar-refractivity contribution is 6.10. The van der Waals surface area contributed by atoms with E-state index < -0.39 is 69.5 Å². The fraction of sp³-hybridized carbons (Fsp3) is 0.750. The summed E-state index contributed by atoms with van der Waals surface area (Å²) in [5, 5.41) is 36.1. The Morgan fingerprint density at radius 2 is 0.729 bits per heavy atom. The largest absolute Gasteiger partial charge is 0.459 e. The van der Waals surface area contributed by atoms with Crippen LogP contribution in [0.3, 0.4) is 0 Å². The number of ether oxygens (including phenoxy) is 3. The second-order valence-electron chi connectivity index (χ2n) is 17.8. The quantitative estimate of drug-likeness (QED) is 0.227. The van der Waals surface area contributed by atoms with E-state index in [0.29, 0.717) is 38.5 Å². The van der Waals surface area contributed by atoms with E-state index in [4.69, 9.17) is 14.2 Å². The van der Waals surface area contributed by atoms with Crippen LogP contribution in [-0.4, -0.2) is 100 Å². The molecule has 270 valence electrons. The van der Waals surface area contributed by atoms with E-state index in [9.17, 15) is 30.0 Å². The second-order valence-corrected chi connectivity index (χ2v) is 17.8. The zero-order chi connectivity index (χ0) is 36.4. The van der Waals surface area contributed by atoms with Gasteiger partial charge < -0.3 is 29.8 Å². The standard InChI is InChI=1S/C36H57N3O9/c1-31(2)16-22(17-32(3,4)37(31)43)46-28(40)25-14-13-15-26(29(41)47-23-18-33(5,6)38(44)34(7,8)19-23)27(25)30(42)48-24-20-35(9,10)39(45)36(11,12)21-24/h13-15,22-24,43-45H,16-21H2,1-12H3. The topological polar surface area (TPSA) is 149 Å². The molecule has 3 heterocycles. The number of esters is 3. The van der Waals surface area contributed by atoms with Crippen molar-refractivity contribution in [1.82, 2.24) is 15.2 Å². The number of hydrogen-bond acceptors (Lipinski definition) is 12.